The standard InChI is InChI=1S/C13H10F3NO2S/c1-2-19-12(18)8-6-17-10-7(11(8)20)4-3-5-9(10)13(14,15)16/h3-6H,2H2,1H3,(H,17,20). The summed E-state index contributed by atoms with van der Waals surface area (Å²) in [7, 11) is 0. The van der Waals surface area contributed by atoms with E-state index >= 15 is 0 Å². The number of carbonyl (C=O) groups is 1. The largest absolute Gasteiger partial charge is 0.462 e. The van der Waals surface area contributed by atoms with Gasteiger partial charge >= 0.3 is 12.1 Å². The fourth-order valence-corrected chi connectivity index (χ4v) is 2.16. The number of alkyl halides is 3. The van der Waals surface area contributed by atoms with Crippen LogP contribution in [0.1, 0.15) is 22.8 Å². The highest BCUT2D eigenvalue weighted by molar-refractivity contribution is 7.71. The summed E-state index contributed by atoms with van der Waals surface area (Å²) >= 11 is 5.08. The van der Waals surface area contributed by atoms with Gasteiger partial charge in [-0.05, 0) is 13.0 Å². The third-order valence-corrected chi connectivity index (χ3v) is 3.16. The number of esters is 1. The first-order valence-corrected chi connectivity index (χ1v) is 6.15. The lowest BCUT2D eigenvalue weighted by atomic mass is 10.1. The summed E-state index contributed by atoms with van der Waals surface area (Å²) in [5, 5.41) is 0.167. The zero-order valence-electron chi connectivity index (χ0n) is 10.4. The van der Waals surface area contributed by atoms with E-state index < -0.39 is 17.7 Å². The number of nitrogens with one attached hydrogen (secondary N) is 1. The second-order valence-corrected chi connectivity index (χ2v) is 4.39. The lowest BCUT2D eigenvalue weighted by molar-refractivity contribution is -0.136. The molecular weight excluding hydrogens is 291 g/mol. The second-order valence-electron chi connectivity index (χ2n) is 3.98. The number of fused-ring (bicyclic) bond motifs is 1. The van der Waals surface area contributed by atoms with E-state index in [1.165, 1.54) is 12.1 Å². The summed E-state index contributed by atoms with van der Waals surface area (Å²) < 4.78 is 43.5. The Kier molecular flexibility index (Phi) is 3.80. The number of hydrogen-bond donors (Lipinski definition) is 1. The van der Waals surface area contributed by atoms with Crippen LogP contribution in [0.4, 0.5) is 13.2 Å². The lowest BCUT2D eigenvalue weighted by Crippen LogP contribution is -2.09. The Morgan fingerprint density at radius 1 is 1.40 bits per heavy atom. The van der Waals surface area contributed by atoms with Crippen LogP contribution in [0, 0.1) is 4.51 Å². The summed E-state index contributed by atoms with van der Waals surface area (Å²) in [6.07, 6.45) is -3.35. The molecule has 0 aliphatic carbocycles. The number of rotatable bonds is 2. The van der Waals surface area contributed by atoms with Gasteiger partial charge in [0.15, 0.2) is 0 Å². The molecule has 1 aromatic carbocycles. The number of H-pyrrole nitrogens is 1. The monoisotopic (exact) mass is 301 g/mol. The van der Waals surface area contributed by atoms with Crippen LogP contribution in [-0.4, -0.2) is 17.6 Å². The van der Waals surface area contributed by atoms with Crippen molar-refractivity contribution in [3.8, 4) is 0 Å². The van der Waals surface area contributed by atoms with E-state index in [0.717, 1.165) is 12.3 Å². The first-order valence-electron chi connectivity index (χ1n) is 5.75. The fraction of sp³-hybridized carbons (Fsp3) is 0.231. The van der Waals surface area contributed by atoms with Crippen LogP contribution >= 0.6 is 12.2 Å². The van der Waals surface area contributed by atoms with Crippen molar-refractivity contribution in [3.05, 3.63) is 40.0 Å². The molecule has 0 saturated heterocycles. The Bertz CT molecular complexity index is 722. The molecular formula is C13H10F3NO2S. The average molecular weight is 301 g/mol. The van der Waals surface area contributed by atoms with Crippen LogP contribution in [0.25, 0.3) is 10.9 Å². The average Bonchev–Trinajstić information content (AvgIpc) is 2.37. The van der Waals surface area contributed by atoms with Gasteiger partial charge in [0.2, 0.25) is 0 Å². The molecule has 2 rings (SSSR count). The van der Waals surface area contributed by atoms with Crippen molar-refractivity contribution in [2.75, 3.05) is 6.61 Å². The number of aromatic nitrogens is 1. The van der Waals surface area contributed by atoms with Crippen molar-refractivity contribution in [2.45, 2.75) is 13.1 Å². The molecule has 1 N–H and O–H groups in total. The Morgan fingerprint density at radius 3 is 2.70 bits per heavy atom. The normalized spacial score (nSPS) is 11.6. The quantitative estimate of drug-likeness (QED) is 0.671. The Morgan fingerprint density at radius 2 is 2.10 bits per heavy atom. The summed E-state index contributed by atoms with van der Waals surface area (Å²) in [5.41, 5.74) is -0.914. The van der Waals surface area contributed by atoms with Gasteiger partial charge in [-0.3, -0.25) is 0 Å². The van der Waals surface area contributed by atoms with Crippen molar-refractivity contribution in [2.24, 2.45) is 0 Å². The molecule has 7 heteroatoms. The smallest absolute Gasteiger partial charge is 0.418 e. The van der Waals surface area contributed by atoms with E-state index in [4.69, 9.17) is 17.0 Å². The molecule has 0 fully saturated rings. The number of para-hydroxylation sites is 1. The minimum atomic E-state index is -4.50. The SMILES string of the molecule is CCOC(=O)c1c[nH]c2c(C(F)(F)F)cccc2c1=S. The fourth-order valence-electron chi connectivity index (χ4n) is 1.85. The highest BCUT2D eigenvalue weighted by Crippen LogP contribution is 2.34. The molecule has 0 aliphatic heterocycles. The highest BCUT2D eigenvalue weighted by Gasteiger charge is 2.33. The zero-order valence-corrected chi connectivity index (χ0v) is 11.2. The minimum absolute atomic E-state index is 0.0447. The maximum absolute atomic E-state index is 12.9. The number of ether oxygens (including phenoxy) is 1. The molecule has 0 aliphatic rings. The highest BCUT2D eigenvalue weighted by atomic mass is 32.1. The van der Waals surface area contributed by atoms with Crippen molar-refractivity contribution in [1.82, 2.24) is 4.98 Å². The number of halogens is 3. The number of hydrogen-bond acceptors (Lipinski definition) is 3. The van der Waals surface area contributed by atoms with Gasteiger partial charge in [-0.1, -0.05) is 24.4 Å². The topological polar surface area (TPSA) is 42.1 Å². The van der Waals surface area contributed by atoms with Gasteiger partial charge in [-0.2, -0.15) is 13.2 Å². The molecule has 0 bridgehead atoms. The van der Waals surface area contributed by atoms with E-state index in [9.17, 15) is 18.0 Å². The maximum Gasteiger partial charge on any atom is 0.418 e. The minimum Gasteiger partial charge on any atom is -0.462 e. The van der Waals surface area contributed by atoms with E-state index in [1.807, 2.05) is 0 Å². The van der Waals surface area contributed by atoms with Crippen molar-refractivity contribution < 1.29 is 22.7 Å². The first kappa shape index (κ1) is 14.5. The van der Waals surface area contributed by atoms with Crippen LogP contribution in [0.5, 0.6) is 0 Å². The van der Waals surface area contributed by atoms with Gasteiger partial charge < -0.3 is 9.72 Å². The predicted octanol–water partition coefficient (Wildman–Crippen LogP) is 4.09. The summed E-state index contributed by atoms with van der Waals surface area (Å²) in [6.45, 7) is 1.79. The number of carbonyl (C=O) groups excluding carboxylic acids is 1. The maximum atomic E-state index is 12.9. The molecule has 3 nitrogen and oxygen atoms in total. The molecule has 0 radical (unpaired) electrons. The van der Waals surface area contributed by atoms with Gasteiger partial charge in [-0.25, -0.2) is 4.79 Å². The Labute approximate surface area is 117 Å². The van der Waals surface area contributed by atoms with Gasteiger partial charge in [0, 0.05) is 11.6 Å². The molecule has 0 spiro atoms. The van der Waals surface area contributed by atoms with E-state index in [-0.39, 0.29) is 27.6 Å². The summed E-state index contributed by atoms with van der Waals surface area (Å²) in [4.78, 5) is 14.1. The van der Waals surface area contributed by atoms with E-state index in [0.29, 0.717) is 0 Å². The number of pyridine rings is 1. The number of benzene rings is 1. The Hall–Kier alpha value is -1.89. The molecule has 106 valence electrons. The lowest BCUT2D eigenvalue weighted by Gasteiger charge is -2.11. The molecule has 0 atom stereocenters. The van der Waals surface area contributed by atoms with Crippen LogP contribution < -0.4 is 0 Å². The van der Waals surface area contributed by atoms with Crippen molar-refractivity contribution in [1.29, 1.82) is 0 Å². The van der Waals surface area contributed by atoms with Crippen LogP contribution in [0.2, 0.25) is 0 Å². The van der Waals surface area contributed by atoms with Crippen molar-refractivity contribution >= 4 is 29.1 Å². The summed E-state index contributed by atoms with van der Waals surface area (Å²) in [5.74, 6) is -0.659. The van der Waals surface area contributed by atoms with Crippen LogP contribution in [0.15, 0.2) is 24.4 Å². The number of aromatic amines is 1. The predicted molar refractivity (Wildman–Crippen MR) is 70.1 cm³/mol. The zero-order chi connectivity index (χ0) is 14.9. The van der Waals surface area contributed by atoms with Gasteiger partial charge in [0.25, 0.3) is 0 Å². The molecule has 2 aromatic rings. The molecule has 1 heterocycles. The van der Waals surface area contributed by atoms with Crippen LogP contribution in [-0.2, 0) is 10.9 Å². The third kappa shape index (κ3) is 2.53. The van der Waals surface area contributed by atoms with Crippen molar-refractivity contribution in [3.63, 3.8) is 0 Å². The third-order valence-electron chi connectivity index (χ3n) is 2.72. The van der Waals surface area contributed by atoms with Gasteiger partial charge in [-0.15, -0.1) is 0 Å². The molecule has 0 amide bonds. The molecule has 0 unspecified atom stereocenters. The van der Waals surface area contributed by atoms with E-state index in [2.05, 4.69) is 4.98 Å². The van der Waals surface area contributed by atoms with Crippen LogP contribution in [0.3, 0.4) is 0 Å². The van der Waals surface area contributed by atoms with Gasteiger partial charge in [0.05, 0.1) is 27.8 Å². The first-order chi connectivity index (χ1) is 9.36. The van der Waals surface area contributed by atoms with E-state index in [1.54, 1.807) is 6.92 Å². The summed E-state index contributed by atoms with van der Waals surface area (Å²) in [6, 6.07) is 3.65. The van der Waals surface area contributed by atoms with Gasteiger partial charge in [0.1, 0.15) is 0 Å². The Balaban J connectivity index is 2.70. The second kappa shape index (κ2) is 5.24. The molecule has 0 saturated carbocycles. The molecule has 20 heavy (non-hydrogen) atoms. The molecule has 1 aromatic heterocycles.